The van der Waals surface area contributed by atoms with Crippen LogP contribution in [-0.2, 0) is 10.0 Å². The summed E-state index contributed by atoms with van der Waals surface area (Å²) in [7, 11) is -4.14. The van der Waals surface area contributed by atoms with Gasteiger partial charge in [-0.15, -0.1) is 0 Å². The molecule has 10 heteroatoms. The van der Waals surface area contributed by atoms with Crippen molar-refractivity contribution in [3.05, 3.63) is 52.0 Å². The highest BCUT2D eigenvalue weighted by atomic mass is 35.5. The van der Waals surface area contributed by atoms with Crippen LogP contribution in [0, 0.1) is 13.8 Å². The van der Waals surface area contributed by atoms with Crippen LogP contribution in [-0.4, -0.2) is 26.1 Å². The highest BCUT2D eigenvalue weighted by molar-refractivity contribution is 7.92. The van der Waals surface area contributed by atoms with Crippen molar-refractivity contribution in [3.63, 3.8) is 0 Å². The van der Waals surface area contributed by atoms with Crippen molar-refractivity contribution in [1.82, 2.24) is 0 Å². The lowest BCUT2D eigenvalue weighted by molar-refractivity contribution is -0.0497. The van der Waals surface area contributed by atoms with Crippen LogP contribution in [0.3, 0.4) is 0 Å². The normalized spacial score (nSPS) is 11.5. The molecule has 2 rings (SSSR count). The topological polar surface area (TPSA) is 92.7 Å². The molecule has 2 aromatic rings. The van der Waals surface area contributed by atoms with Gasteiger partial charge >= 0.3 is 12.6 Å². The number of nitrogens with one attached hydrogen (secondary N) is 1. The van der Waals surface area contributed by atoms with Gasteiger partial charge in [-0.1, -0.05) is 11.6 Å². The number of ether oxygens (including phenoxy) is 1. The summed E-state index contributed by atoms with van der Waals surface area (Å²) in [4.78, 5) is 11.0. The molecule has 0 saturated heterocycles. The Labute approximate surface area is 153 Å². The van der Waals surface area contributed by atoms with E-state index in [1.807, 2.05) is 0 Å². The molecule has 0 radical (unpaired) electrons. The first-order chi connectivity index (χ1) is 12.0. The summed E-state index contributed by atoms with van der Waals surface area (Å²) in [6.07, 6.45) is 0. The van der Waals surface area contributed by atoms with Crippen molar-refractivity contribution in [3.8, 4) is 5.75 Å². The minimum absolute atomic E-state index is 0.00870. The first kappa shape index (κ1) is 19.9. The second-order valence-corrected chi connectivity index (χ2v) is 7.41. The third-order valence-electron chi connectivity index (χ3n) is 3.56. The maximum absolute atomic E-state index is 12.6. The third kappa shape index (κ3) is 4.41. The average Bonchev–Trinajstić information content (AvgIpc) is 2.51. The van der Waals surface area contributed by atoms with Crippen molar-refractivity contribution in [2.75, 3.05) is 4.72 Å². The Balaban J connectivity index is 2.41. The average molecular weight is 406 g/mol. The van der Waals surface area contributed by atoms with Gasteiger partial charge in [-0.3, -0.25) is 4.72 Å². The van der Waals surface area contributed by atoms with E-state index in [1.54, 1.807) is 13.8 Å². The fourth-order valence-electron chi connectivity index (χ4n) is 2.20. The number of anilines is 1. The molecule has 0 unspecified atom stereocenters. The largest absolute Gasteiger partial charge is 0.478 e. The van der Waals surface area contributed by atoms with E-state index in [1.165, 1.54) is 12.1 Å². The van der Waals surface area contributed by atoms with Crippen molar-refractivity contribution < 1.29 is 31.8 Å². The molecule has 0 spiro atoms. The van der Waals surface area contributed by atoms with Gasteiger partial charge < -0.3 is 9.84 Å². The van der Waals surface area contributed by atoms with Crippen LogP contribution in [0.25, 0.3) is 0 Å². The molecule has 0 fully saturated rings. The van der Waals surface area contributed by atoms with E-state index < -0.39 is 22.6 Å². The second-order valence-electron chi connectivity index (χ2n) is 5.35. The molecule has 0 aliphatic carbocycles. The van der Waals surface area contributed by atoms with Gasteiger partial charge in [-0.2, -0.15) is 8.78 Å². The van der Waals surface area contributed by atoms with Crippen LogP contribution >= 0.6 is 11.6 Å². The van der Waals surface area contributed by atoms with Gasteiger partial charge in [0.15, 0.2) is 0 Å². The van der Waals surface area contributed by atoms with E-state index in [9.17, 15) is 22.0 Å². The summed E-state index contributed by atoms with van der Waals surface area (Å²) in [5.74, 6) is -1.56. The molecular weight excluding hydrogens is 392 g/mol. The number of carbonyl (C=O) groups is 1. The van der Waals surface area contributed by atoms with Gasteiger partial charge in [0.2, 0.25) is 0 Å². The van der Waals surface area contributed by atoms with E-state index in [0.29, 0.717) is 11.1 Å². The zero-order valence-corrected chi connectivity index (χ0v) is 15.2. The smallest absolute Gasteiger partial charge is 0.387 e. The maximum Gasteiger partial charge on any atom is 0.387 e. The number of rotatable bonds is 6. The molecule has 0 aromatic heterocycles. The van der Waals surface area contributed by atoms with Gasteiger partial charge in [-0.25, -0.2) is 13.2 Å². The standard InChI is InChI=1S/C16H14ClF2NO5S/c1-8-5-10(15(21)22)6-14(9(8)2)26(23,24)20-11-3-4-13(12(17)7-11)25-16(18)19/h3-7,16,20H,1-2H3,(H,21,22). The van der Waals surface area contributed by atoms with Crippen LogP contribution in [0.2, 0.25) is 5.02 Å². The van der Waals surface area contributed by atoms with E-state index >= 15 is 0 Å². The maximum atomic E-state index is 12.6. The predicted octanol–water partition coefficient (Wildman–Crippen LogP) is 4.06. The molecule has 2 aromatic carbocycles. The first-order valence-corrected chi connectivity index (χ1v) is 8.99. The number of benzene rings is 2. The number of sulfonamides is 1. The van der Waals surface area contributed by atoms with Gasteiger partial charge in [-0.05, 0) is 55.3 Å². The molecule has 0 atom stereocenters. The number of halogens is 3. The van der Waals surface area contributed by atoms with E-state index in [4.69, 9.17) is 16.7 Å². The number of aromatic carboxylic acids is 1. The first-order valence-electron chi connectivity index (χ1n) is 7.13. The SMILES string of the molecule is Cc1cc(C(=O)O)cc(S(=O)(=O)Nc2ccc(OC(F)F)c(Cl)c2)c1C. The molecular formula is C16H14ClF2NO5S. The number of carboxylic acids is 1. The Kier molecular flexibility index (Phi) is 5.72. The second kappa shape index (κ2) is 7.46. The fraction of sp³-hybridized carbons (Fsp3) is 0.188. The third-order valence-corrected chi connectivity index (χ3v) is 5.36. The Hall–Kier alpha value is -2.39. The Morgan fingerprint density at radius 1 is 1.23 bits per heavy atom. The van der Waals surface area contributed by atoms with Gasteiger partial charge in [0, 0.05) is 0 Å². The van der Waals surface area contributed by atoms with Crippen LogP contribution < -0.4 is 9.46 Å². The van der Waals surface area contributed by atoms with Crippen molar-refractivity contribution >= 4 is 33.3 Å². The molecule has 6 nitrogen and oxygen atoms in total. The predicted molar refractivity (Wildman–Crippen MR) is 91.8 cm³/mol. The monoisotopic (exact) mass is 405 g/mol. The molecule has 0 saturated carbocycles. The van der Waals surface area contributed by atoms with E-state index in [-0.39, 0.29) is 26.9 Å². The van der Waals surface area contributed by atoms with Crippen LogP contribution in [0.15, 0.2) is 35.2 Å². The molecule has 0 heterocycles. The lowest BCUT2D eigenvalue weighted by atomic mass is 10.1. The van der Waals surface area contributed by atoms with Gasteiger partial charge in [0.1, 0.15) is 5.75 Å². The zero-order valence-electron chi connectivity index (χ0n) is 13.6. The quantitative estimate of drug-likeness (QED) is 0.756. The molecule has 0 aliphatic heterocycles. The van der Waals surface area contributed by atoms with Crippen molar-refractivity contribution in [1.29, 1.82) is 0 Å². The summed E-state index contributed by atoms with van der Waals surface area (Å²) < 4.78 is 56.2. The van der Waals surface area contributed by atoms with Crippen molar-refractivity contribution in [2.24, 2.45) is 0 Å². The van der Waals surface area contributed by atoms with Gasteiger partial charge in [0.05, 0.1) is 21.2 Å². The highest BCUT2D eigenvalue weighted by Crippen LogP contribution is 2.30. The van der Waals surface area contributed by atoms with Crippen molar-refractivity contribution in [2.45, 2.75) is 25.4 Å². The molecule has 0 amide bonds. The number of aryl methyl sites for hydroxylation is 1. The Bertz CT molecular complexity index is 963. The van der Waals surface area contributed by atoms with Crippen LogP contribution in [0.1, 0.15) is 21.5 Å². The molecule has 0 aliphatic rings. The van der Waals surface area contributed by atoms with Crippen LogP contribution in [0.4, 0.5) is 14.5 Å². The summed E-state index contributed by atoms with van der Waals surface area (Å²) in [6, 6.07) is 5.81. The molecule has 140 valence electrons. The Morgan fingerprint density at radius 3 is 2.42 bits per heavy atom. The zero-order chi connectivity index (χ0) is 19.6. The number of hydrogen-bond acceptors (Lipinski definition) is 4. The highest BCUT2D eigenvalue weighted by Gasteiger charge is 2.21. The number of hydrogen-bond donors (Lipinski definition) is 2. The molecule has 26 heavy (non-hydrogen) atoms. The van der Waals surface area contributed by atoms with Gasteiger partial charge in [0.25, 0.3) is 10.0 Å². The minimum atomic E-state index is -4.14. The lowest BCUT2D eigenvalue weighted by Gasteiger charge is -2.14. The Morgan fingerprint density at radius 2 is 1.88 bits per heavy atom. The minimum Gasteiger partial charge on any atom is -0.478 e. The van der Waals surface area contributed by atoms with E-state index in [2.05, 4.69) is 9.46 Å². The van der Waals surface area contributed by atoms with E-state index in [0.717, 1.165) is 18.2 Å². The van der Waals surface area contributed by atoms with Crippen LogP contribution in [0.5, 0.6) is 5.75 Å². The fourth-order valence-corrected chi connectivity index (χ4v) is 3.81. The summed E-state index contributed by atoms with van der Waals surface area (Å²) >= 11 is 5.80. The number of alkyl halides is 2. The summed E-state index contributed by atoms with van der Waals surface area (Å²) in [5, 5.41) is 8.90. The molecule has 0 bridgehead atoms. The molecule has 2 N–H and O–H groups in total. The number of carboxylic acid groups (broad SMARTS) is 1. The summed E-state index contributed by atoms with van der Waals surface area (Å²) in [5.41, 5.74) is 0.705. The lowest BCUT2D eigenvalue weighted by Crippen LogP contribution is -2.16. The summed E-state index contributed by atoms with van der Waals surface area (Å²) in [6.45, 7) is 0.0652.